The molecule has 0 bridgehead atoms. The normalized spacial score (nSPS) is 12.0. The highest BCUT2D eigenvalue weighted by atomic mass is 32.2. The van der Waals surface area contributed by atoms with Gasteiger partial charge in [0.2, 0.25) is 5.03 Å². The van der Waals surface area contributed by atoms with E-state index in [0.717, 1.165) is 4.31 Å². The maximum Gasteiger partial charge on any atom is 0.340 e. The summed E-state index contributed by atoms with van der Waals surface area (Å²) >= 11 is 0. The third kappa shape index (κ3) is 3.31. The summed E-state index contributed by atoms with van der Waals surface area (Å²) in [6.45, 7) is 2.43. The number of hydrogen-bond acceptors (Lipinski definition) is 5. The molecule has 0 aliphatic carbocycles. The Kier molecular flexibility index (Phi) is 5.04. The Balaban J connectivity index is 3.04. The highest BCUT2D eigenvalue weighted by Gasteiger charge is 2.31. The minimum Gasteiger partial charge on any atom is -0.478 e. The molecule has 0 radical (unpaired) electrons. The van der Waals surface area contributed by atoms with Gasteiger partial charge in [-0.05, 0) is 26.9 Å². The highest BCUT2D eigenvalue weighted by molar-refractivity contribution is 7.89. The van der Waals surface area contributed by atoms with Crippen molar-refractivity contribution in [1.82, 2.24) is 19.8 Å². The van der Waals surface area contributed by atoms with E-state index in [1.165, 1.54) is 14.0 Å². The summed E-state index contributed by atoms with van der Waals surface area (Å²) in [5, 5.41) is 17.5. The minimum atomic E-state index is -3.89. The summed E-state index contributed by atoms with van der Waals surface area (Å²) in [7, 11) is -0.717. The van der Waals surface area contributed by atoms with Crippen molar-refractivity contribution in [1.29, 1.82) is 0 Å². The fourth-order valence-corrected chi connectivity index (χ4v) is 2.92. The van der Waals surface area contributed by atoms with Gasteiger partial charge < -0.3 is 10.4 Å². The number of carboxylic acids is 1. The molecule has 0 saturated heterocycles. The SMILES string of the molecule is CNCCCN(C)S(=O)(=O)c1n[nH]c(C)c1C(=O)O. The van der Waals surface area contributed by atoms with Gasteiger partial charge in [0.25, 0.3) is 10.0 Å². The van der Waals surface area contributed by atoms with Crippen molar-refractivity contribution < 1.29 is 18.3 Å². The van der Waals surface area contributed by atoms with E-state index in [0.29, 0.717) is 13.0 Å². The first kappa shape index (κ1) is 15.6. The van der Waals surface area contributed by atoms with E-state index in [1.807, 2.05) is 0 Å². The number of nitrogens with one attached hydrogen (secondary N) is 2. The molecular weight excluding hydrogens is 272 g/mol. The Hall–Kier alpha value is -1.45. The largest absolute Gasteiger partial charge is 0.478 e. The van der Waals surface area contributed by atoms with Crippen LogP contribution in [0.25, 0.3) is 0 Å². The highest BCUT2D eigenvalue weighted by Crippen LogP contribution is 2.19. The average molecular weight is 290 g/mol. The van der Waals surface area contributed by atoms with Crippen LogP contribution in [0.3, 0.4) is 0 Å². The van der Waals surface area contributed by atoms with Gasteiger partial charge in [0.15, 0.2) is 0 Å². The van der Waals surface area contributed by atoms with Gasteiger partial charge in [0.05, 0.1) is 0 Å². The van der Waals surface area contributed by atoms with Crippen LogP contribution >= 0.6 is 0 Å². The quantitative estimate of drug-likeness (QED) is 0.591. The summed E-state index contributed by atoms with van der Waals surface area (Å²) < 4.78 is 25.6. The van der Waals surface area contributed by atoms with Crippen LogP contribution in [-0.4, -0.2) is 61.2 Å². The molecule has 19 heavy (non-hydrogen) atoms. The number of aromatic nitrogens is 2. The Morgan fingerprint density at radius 3 is 2.68 bits per heavy atom. The van der Waals surface area contributed by atoms with Crippen molar-refractivity contribution in [3.05, 3.63) is 11.3 Å². The molecule has 3 N–H and O–H groups in total. The second-order valence-electron chi connectivity index (χ2n) is 4.12. The molecule has 8 nitrogen and oxygen atoms in total. The number of aryl methyl sites for hydroxylation is 1. The third-order valence-corrected chi connectivity index (χ3v) is 4.47. The van der Waals surface area contributed by atoms with Crippen molar-refractivity contribution in [3.8, 4) is 0 Å². The molecule has 0 fully saturated rings. The van der Waals surface area contributed by atoms with E-state index in [1.54, 1.807) is 7.05 Å². The standard InChI is InChI=1S/C10H18N4O4S/c1-7-8(10(15)16)9(13-12-7)19(17,18)14(3)6-4-5-11-2/h11H,4-6H2,1-3H3,(H,12,13)(H,15,16). The Morgan fingerprint density at radius 1 is 1.53 bits per heavy atom. The predicted octanol–water partition coefficient (Wildman–Crippen LogP) is -0.354. The second kappa shape index (κ2) is 6.13. The van der Waals surface area contributed by atoms with Crippen LogP contribution < -0.4 is 5.32 Å². The third-order valence-electron chi connectivity index (χ3n) is 2.68. The molecule has 0 amide bonds. The molecule has 0 aliphatic rings. The smallest absolute Gasteiger partial charge is 0.340 e. The van der Waals surface area contributed by atoms with Gasteiger partial charge in [-0.1, -0.05) is 0 Å². The second-order valence-corrected chi connectivity index (χ2v) is 6.08. The van der Waals surface area contributed by atoms with E-state index in [2.05, 4.69) is 15.5 Å². The molecule has 1 rings (SSSR count). The maximum absolute atomic E-state index is 12.2. The van der Waals surface area contributed by atoms with Gasteiger partial charge in [0, 0.05) is 19.3 Å². The molecule has 0 saturated carbocycles. The molecule has 0 spiro atoms. The Bertz CT molecular complexity index is 552. The van der Waals surface area contributed by atoms with Crippen LogP contribution in [0.1, 0.15) is 22.5 Å². The van der Waals surface area contributed by atoms with Crippen LogP contribution in [0.5, 0.6) is 0 Å². The molecule has 1 aromatic rings. The van der Waals surface area contributed by atoms with Gasteiger partial charge in [0.1, 0.15) is 5.56 Å². The Labute approximate surface area is 111 Å². The first-order valence-electron chi connectivity index (χ1n) is 5.71. The number of hydrogen-bond donors (Lipinski definition) is 3. The topological polar surface area (TPSA) is 115 Å². The number of sulfonamides is 1. The van der Waals surface area contributed by atoms with Crippen molar-refractivity contribution in [3.63, 3.8) is 0 Å². The van der Waals surface area contributed by atoms with Crippen LogP contribution in [0.15, 0.2) is 5.03 Å². The number of carbonyl (C=O) groups is 1. The van der Waals surface area contributed by atoms with E-state index in [4.69, 9.17) is 5.11 Å². The summed E-state index contributed by atoms with van der Waals surface area (Å²) in [5.74, 6) is -1.31. The van der Waals surface area contributed by atoms with Crippen LogP contribution in [0, 0.1) is 6.92 Å². The van der Waals surface area contributed by atoms with Gasteiger partial charge in [-0.2, -0.15) is 9.40 Å². The zero-order valence-electron chi connectivity index (χ0n) is 11.1. The van der Waals surface area contributed by atoms with E-state index in [9.17, 15) is 13.2 Å². The van der Waals surface area contributed by atoms with Gasteiger partial charge in [-0.3, -0.25) is 5.10 Å². The average Bonchev–Trinajstić information content (AvgIpc) is 2.72. The lowest BCUT2D eigenvalue weighted by Gasteiger charge is -2.15. The van der Waals surface area contributed by atoms with Crippen LogP contribution in [-0.2, 0) is 10.0 Å². The molecule has 0 aliphatic heterocycles. The molecule has 0 unspecified atom stereocenters. The van der Waals surface area contributed by atoms with Gasteiger partial charge in [-0.15, -0.1) is 0 Å². The number of H-pyrrole nitrogens is 1. The first-order valence-corrected chi connectivity index (χ1v) is 7.15. The molecule has 0 atom stereocenters. The molecule has 0 aromatic carbocycles. The number of nitrogens with zero attached hydrogens (tertiary/aromatic N) is 2. The van der Waals surface area contributed by atoms with Crippen molar-refractivity contribution in [2.45, 2.75) is 18.4 Å². The zero-order chi connectivity index (χ0) is 14.6. The maximum atomic E-state index is 12.2. The number of aromatic carboxylic acids is 1. The van der Waals surface area contributed by atoms with Gasteiger partial charge in [-0.25, -0.2) is 13.2 Å². The molecule has 1 aromatic heterocycles. The van der Waals surface area contributed by atoms with E-state index < -0.39 is 21.0 Å². The minimum absolute atomic E-state index is 0.217. The van der Waals surface area contributed by atoms with Crippen molar-refractivity contribution in [2.75, 3.05) is 27.2 Å². The lowest BCUT2D eigenvalue weighted by atomic mass is 10.3. The monoisotopic (exact) mass is 290 g/mol. The fraction of sp³-hybridized carbons (Fsp3) is 0.600. The number of carboxylic acid groups (broad SMARTS) is 1. The van der Waals surface area contributed by atoms with Crippen molar-refractivity contribution in [2.24, 2.45) is 0 Å². The van der Waals surface area contributed by atoms with Crippen molar-refractivity contribution >= 4 is 16.0 Å². The fourth-order valence-electron chi connectivity index (χ4n) is 1.59. The zero-order valence-corrected chi connectivity index (χ0v) is 11.9. The Morgan fingerprint density at radius 2 is 2.16 bits per heavy atom. The number of rotatable bonds is 7. The summed E-state index contributed by atoms with van der Waals surface area (Å²) in [5.41, 5.74) is -0.0878. The predicted molar refractivity (Wildman–Crippen MR) is 68.6 cm³/mol. The lowest BCUT2D eigenvalue weighted by molar-refractivity contribution is 0.0691. The summed E-state index contributed by atoms with van der Waals surface area (Å²) in [6, 6.07) is 0. The molecular formula is C10H18N4O4S. The summed E-state index contributed by atoms with van der Waals surface area (Å²) in [6.07, 6.45) is 0.623. The van der Waals surface area contributed by atoms with Crippen LogP contribution in [0.4, 0.5) is 0 Å². The first-order chi connectivity index (χ1) is 8.82. The van der Waals surface area contributed by atoms with Crippen LogP contribution in [0.2, 0.25) is 0 Å². The van der Waals surface area contributed by atoms with E-state index >= 15 is 0 Å². The number of aromatic amines is 1. The van der Waals surface area contributed by atoms with E-state index in [-0.39, 0.29) is 17.8 Å². The lowest BCUT2D eigenvalue weighted by Crippen LogP contribution is -2.30. The van der Waals surface area contributed by atoms with Gasteiger partial charge >= 0.3 is 5.97 Å². The summed E-state index contributed by atoms with van der Waals surface area (Å²) in [4.78, 5) is 11.1. The molecule has 9 heteroatoms. The molecule has 1 heterocycles. The molecule has 108 valence electrons.